The van der Waals surface area contributed by atoms with Crippen LogP contribution in [0, 0.1) is 5.82 Å². The molecule has 0 fully saturated rings. The third-order valence-electron chi connectivity index (χ3n) is 4.15. The van der Waals surface area contributed by atoms with E-state index in [0.717, 1.165) is 12.1 Å². The molecule has 0 bridgehead atoms. The topological polar surface area (TPSA) is 30.5 Å². The van der Waals surface area contributed by atoms with Crippen molar-refractivity contribution in [1.82, 2.24) is 5.32 Å². The van der Waals surface area contributed by atoms with Gasteiger partial charge in [-0.2, -0.15) is 0 Å². The number of nitrogens with one attached hydrogen (secondary N) is 1. The summed E-state index contributed by atoms with van der Waals surface area (Å²) in [5.41, 5.74) is 2.90. The van der Waals surface area contributed by atoms with Gasteiger partial charge in [0.1, 0.15) is 12.4 Å². The number of rotatable bonds is 8. The molecule has 1 N–H and O–H groups in total. The predicted octanol–water partition coefficient (Wildman–Crippen LogP) is 5.78. The van der Waals surface area contributed by atoms with Crippen molar-refractivity contribution in [3.05, 3.63) is 94.3 Å². The molecule has 3 aromatic carbocycles. The van der Waals surface area contributed by atoms with Crippen molar-refractivity contribution in [3.8, 4) is 11.5 Å². The summed E-state index contributed by atoms with van der Waals surface area (Å²) in [5.74, 6) is 0.931. The van der Waals surface area contributed by atoms with Gasteiger partial charge in [-0.3, -0.25) is 0 Å². The Morgan fingerprint density at radius 1 is 0.929 bits per heavy atom. The molecule has 0 spiro atoms. The highest BCUT2D eigenvalue weighted by molar-refractivity contribution is 6.31. The number of halogens is 3. The van der Waals surface area contributed by atoms with Crippen LogP contribution >= 0.6 is 24.0 Å². The molecule has 0 aliphatic heterocycles. The van der Waals surface area contributed by atoms with Crippen LogP contribution in [0.5, 0.6) is 11.5 Å². The fourth-order valence-electron chi connectivity index (χ4n) is 2.75. The quantitative estimate of drug-likeness (QED) is 0.499. The third kappa shape index (κ3) is 5.86. The zero-order valence-corrected chi connectivity index (χ0v) is 17.0. The molecule has 0 radical (unpaired) electrons. The number of methoxy groups -OCH3 is 1. The van der Waals surface area contributed by atoms with Gasteiger partial charge in [0, 0.05) is 24.2 Å². The van der Waals surface area contributed by atoms with Gasteiger partial charge in [-0.05, 0) is 23.8 Å². The molecule has 3 nitrogen and oxygen atoms in total. The van der Waals surface area contributed by atoms with Crippen LogP contribution in [-0.2, 0) is 19.7 Å². The normalized spacial score (nSPS) is 10.2. The summed E-state index contributed by atoms with van der Waals surface area (Å²) in [6.45, 7) is 1.60. The minimum Gasteiger partial charge on any atom is -0.493 e. The second kappa shape index (κ2) is 10.9. The Morgan fingerprint density at radius 2 is 1.71 bits per heavy atom. The van der Waals surface area contributed by atoms with Crippen LogP contribution in [0.3, 0.4) is 0 Å². The first kappa shape index (κ1) is 22.0. The molecule has 0 aromatic heterocycles. The number of benzene rings is 3. The van der Waals surface area contributed by atoms with Gasteiger partial charge in [-0.25, -0.2) is 4.39 Å². The largest absolute Gasteiger partial charge is 0.493 e. The minimum atomic E-state index is -0.369. The van der Waals surface area contributed by atoms with Gasteiger partial charge in [0.05, 0.1) is 12.1 Å². The maximum Gasteiger partial charge on any atom is 0.166 e. The molecular formula is C22H22Cl2FNO2. The summed E-state index contributed by atoms with van der Waals surface area (Å²) >= 11 is 6.10. The van der Waals surface area contributed by atoms with Crippen LogP contribution in [0.2, 0.25) is 5.02 Å². The highest BCUT2D eigenvalue weighted by Gasteiger charge is 2.12. The Hall–Kier alpha value is -2.27. The summed E-state index contributed by atoms with van der Waals surface area (Å²) in [6.07, 6.45) is 0. The molecule has 0 aliphatic carbocycles. The standard InChI is InChI=1S/C22H21ClFNO2.ClH/c1-26-21-9-5-8-17(14-25-13-16-6-3-2-4-7-16)22(21)27-15-18-10-11-19(24)12-20(18)23;/h2-12,25H,13-15H2,1H3;1H. The highest BCUT2D eigenvalue weighted by atomic mass is 35.5. The van der Waals surface area contributed by atoms with Gasteiger partial charge in [-0.1, -0.05) is 60.1 Å². The van der Waals surface area contributed by atoms with Gasteiger partial charge in [0.25, 0.3) is 0 Å². The second-order valence-corrected chi connectivity index (χ2v) is 6.47. The Labute approximate surface area is 175 Å². The number of hydrogen-bond acceptors (Lipinski definition) is 3. The molecule has 3 rings (SSSR count). The van der Waals surface area contributed by atoms with Crippen LogP contribution < -0.4 is 14.8 Å². The van der Waals surface area contributed by atoms with Gasteiger partial charge >= 0.3 is 0 Å². The molecule has 0 aliphatic rings. The van der Waals surface area contributed by atoms with Crippen molar-refractivity contribution in [2.45, 2.75) is 19.7 Å². The molecule has 0 saturated heterocycles. The summed E-state index contributed by atoms with van der Waals surface area (Å²) in [6, 6.07) is 20.2. The lowest BCUT2D eigenvalue weighted by Gasteiger charge is -2.16. The van der Waals surface area contributed by atoms with Crippen molar-refractivity contribution in [3.63, 3.8) is 0 Å². The third-order valence-corrected chi connectivity index (χ3v) is 4.51. The molecule has 0 heterocycles. The van der Waals surface area contributed by atoms with Crippen LogP contribution in [0.25, 0.3) is 0 Å². The first-order valence-electron chi connectivity index (χ1n) is 8.64. The number of ether oxygens (including phenoxy) is 2. The fourth-order valence-corrected chi connectivity index (χ4v) is 2.97. The van der Waals surface area contributed by atoms with Gasteiger partial charge in [-0.15, -0.1) is 12.4 Å². The lowest BCUT2D eigenvalue weighted by molar-refractivity contribution is 0.280. The van der Waals surface area contributed by atoms with Crippen LogP contribution in [0.15, 0.2) is 66.7 Å². The fraction of sp³-hybridized carbons (Fsp3) is 0.182. The van der Waals surface area contributed by atoms with E-state index in [1.165, 1.54) is 17.7 Å². The number of para-hydroxylation sites is 1. The summed E-state index contributed by atoms with van der Waals surface area (Å²) in [7, 11) is 1.61. The van der Waals surface area contributed by atoms with Crippen LogP contribution in [0.1, 0.15) is 16.7 Å². The van der Waals surface area contributed by atoms with E-state index in [-0.39, 0.29) is 24.8 Å². The SMILES string of the molecule is COc1cccc(CNCc2ccccc2)c1OCc1ccc(F)cc1Cl.Cl. The molecule has 3 aromatic rings. The van der Waals surface area contributed by atoms with E-state index < -0.39 is 0 Å². The molecule has 0 unspecified atom stereocenters. The summed E-state index contributed by atoms with van der Waals surface area (Å²) in [5, 5.41) is 3.76. The van der Waals surface area contributed by atoms with E-state index in [4.69, 9.17) is 21.1 Å². The Bertz CT molecular complexity index is 891. The molecule has 148 valence electrons. The molecule has 0 saturated carbocycles. The van der Waals surface area contributed by atoms with Crippen molar-refractivity contribution < 1.29 is 13.9 Å². The van der Waals surface area contributed by atoms with E-state index in [1.54, 1.807) is 13.2 Å². The molecule has 0 atom stereocenters. The van der Waals surface area contributed by atoms with Crippen molar-refractivity contribution >= 4 is 24.0 Å². The monoisotopic (exact) mass is 421 g/mol. The maximum atomic E-state index is 13.2. The molecular weight excluding hydrogens is 400 g/mol. The van der Waals surface area contributed by atoms with E-state index in [9.17, 15) is 4.39 Å². The van der Waals surface area contributed by atoms with E-state index in [0.29, 0.717) is 28.6 Å². The summed E-state index contributed by atoms with van der Waals surface area (Å²) in [4.78, 5) is 0. The van der Waals surface area contributed by atoms with Crippen molar-refractivity contribution in [2.24, 2.45) is 0 Å². The predicted molar refractivity (Wildman–Crippen MR) is 113 cm³/mol. The first-order valence-corrected chi connectivity index (χ1v) is 9.02. The Kier molecular flexibility index (Phi) is 8.58. The van der Waals surface area contributed by atoms with Gasteiger partial charge in [0.2, 0.25) is 0 Å². The van der Waals surface area contributed by atoms with Crippen molar-refractivity contribution in [1.29, 1.82) is 0 Å². The van der Waals surface area contributed by atoms with Crippen LogP contribution in [0.4, 0.5) is 4.39 Å². The lowest BCUT2D eigenvalue weighted by atomic mass is 10.1. The molecule has 28 heavy (non-hydrogen) atoms. The van der Waals surface area contributed by atoms with Gasteiger partial charge in [0.15, 0.2) is 11.5 Å². The molecule has 0 amide bonds. The zero-order valence-electron chi connectivity index (χ0n) is 15.5. The Balaban J connectivity index is 0.00000280. The maximum absolute atomic E-state index is 13.2. The number of hydrogen-bond donors (Lipinski definition) is 1. The Morgan fingerprint density at radius 3 is 2.43 bits per heavy atom. The average Bonchev–Trinajstić information content (AvgIpc) is 2.68. The second-order valence-electron chi connectivity index (χ2n) is 6.06. The van der Waals surface area contributed by atoms with E-state index in [1.807, 2.05) is 36.4 Å². The average molecular weight is 422 g/mol. The van der Waals surface area contributed by atoms with Crippen molar-refractivity contribution in [2.75, 3.05) is 7.11 Å². The minimum absolute atomic E-state index is 0. The zero-order chi connectivity index (χ0) is 19.1. The smallest absolute Gasteiger partial charge is 0.166 e. The first-order chi connectivity index (χ1) is 13.2. The van der Waals surface area contributed by atoms with Gasteiger partial charge < -0.3 is 14.8 Å². The highest BCUT2D eigenvalue weighted by Crippen LogP contribution is 2.32. The van der Waals surface area contributed by atoms with E-state index in [2.05, 4.69) is 17.4 Å². The van der Waals surface area contributed by atoms with E-state index >= 15 is 0 Å². The summed E-state index contributed by atoms with van der Waals surface area (Å²) < 4.78 is 24.7. The molecule has 6 heteroatoms. The lowest BCUT2D eigenvalue weighted by Crippen LogP contribution is -2.14. The van der Waals surface area contributed by atoms with Crippen LogP contribution in [-0.4, -0.2) is 7.11 Å².